The van der Waals surface area contributed by atoms with Crippen LogP contribution in [-0.2, 0) is 0 Å². The first-order valence-electron chi connectivity index (χ1n) is 7.06. The van der Waals surface area contributed by atoms with Crippen LogP contribution >= 0.6 is 11.8 Å². The molecule has 0 saturated heterocycles. The SMILES string of the molecule is Cc1ccccc1-c1nnc(SC(C)c2c(F)cccc2F)o1. The second-order valence-corrected chi connectivity index (χ2v) is 6.38. The van der Waals surface area contributed by atoms with Crippen molar-refractivity contribution in [2.75, 3.05) is 0 Å². The van der Waals surface area contributed by atoms with Crippen molar-refractivity contribution in [2.45, 2.75) is 24.3 Å². The van der Waals surface area contributed by atoms with Gasteiger partial charge in [0.2, 0.25) is 5.89 Å². The molecule has 0 bridgehead atoms. The van der Waals surface area contributed by atoms with E-state index in [1.165, 1.54) is 18.2 Å². The number of hydrogen-bond acceptors (Lipinski definition) is 4. The van der Waals surface area contributed by atoms with Gasteiger partial charge in [0.1, 0.15) is 11.6 Å². The largest absolute Gasteiger partial charge is 0.411 e. The van der Waals surface area contributed by atoms with E-state index in [2.05, 4.69) is 10.2 Å². The monoisotopic (exact) mass is 332 g/mol. The number of halogens is 2. The van der Waals surface area contributed by atoms with Gasteiger partial charge in [-0.2, -0.15) is 0 Å². The summed E-state index contributed by atoms with van der Waals surface area (Å²) in [5.41, 5.74) is 1.87. The molecule has 3 rings (SSSR count). The fourth-order valence-corrected chi connectivity index (χ4v) is 3.15. The van der Waals surface area contributed by atoms with E-state index in [9.17, 15) is 8.78 Å². The molecule has 2 aromatic carbocycles. The zero-order valence-electron chi connectivity index (χ0n) is 12.6. The van der Waals surface area contributed by atoms with Gasteiger partial charge in [0.25, 0.3) is 5.22 Å². The van der Waals surface area contributed by atoms with Gasteiger partial charge in [0, 0.05) is 16.4 Å². The Morgan fingerprint density at radius 3 is 2.39 bits per heavy atom. The normalized spacial score (nSPS) is 12.3. The Labute approximate surface area is 136 Å². The van der Waals surface area contributed by atoms with Gasteiger partial charge in [-0.05, 0) is 37.6 Å². The van der Waals surface area contributed by atoms with E-state index in [-0.39, 0.29) is 10.8 Å². The van der Waals surface area contributed by atoms with Gasteiger partial charge >= 0.3 is 0 Å². The summed E-state index contributed by atoms with van der Waals surface area (Å²) < 4.78 is 33.2. The minimum absolute atomic E-state index is 0.00754. The molecule has 0 amide bonds. The van der Waals surface area contributed by atoms with Gasteiger partial charge in [0.05, 0.1) is 0 Å². The van der Waals surface area contributed by atoms with Crippen molar-refractivity contribution in [3.63, 3.8) is 0 Å². The second kappa shape index (κ2) is 6.50. The highest BCUT2D eigenvalue weighted by Gasteiger charge is 2.20. The topological polar surface area (TPSA) is 38.9 Å². The number of thioether (sulfide) groups is 1. The predicted octanol–water partition coefficient (Wildman–Crippen LogP) is 5.18. The molecule has 0 aliphatic carbocycles. The van der Waals surface area contributed by atoms with Crippen LogP contribution in [-0.4, -0.2) is 10.2 Å². The van der Waals surface area contributed by atoms with Crippen LogP contribution in [0.25, 0.3) is 11.5 Å². The van der Waals surface area contributed by atoms with E-state index in [0.29, 0.717) is 5.89 Å². The van der Waals surface area contributed by atoms with Gasteiger partial charge in [0.15, 0.2) is 0 Å². The van der Waals surface area contributed by atoms with Gasteiger partial charge in [-0.1, -0.05) is 36.0 Å². The van der Waals surface area contributed by atoms with Crippen LogP contribution in [0.1, 0.15) is 23.3 Å². The summed E-state index contributed by atoms with van der Waals surface area (Å²) in [4.78, 5) is 0. The van der Waals surface area contributed by atoms with Crippen molar-refractivity contribution < 1.29 is 13.2 Å². The Balaban J connectivity index is 1.83. The average Bonchev–Trinajstić information content (AvgIpc) is 2.95. The summed E-state index contributed by atoms with van der Waals surface area (Å²) in [7, 11) is 0. The molecule has 0 aliphatic heterocycles. The molecule has 0 N–H and O–H groups in total. The minimum atomic E-state index is -0.580. The van der Waals surface area contributed by atoms with Crippen molar-refractivity contribution in [1.82, 2.24) is 10.2 Å². The molecule has 0 radical (unpaired) electrons. The number of nitrogens with zero attached hydrogens (tertiary/aromatic N) is 2. The first kappa shape index (κ1) is 15.7. The molecule has 0 aliphatic rings. The van der Waals surface area contributed by atoms with Crippen molar-refractivity contribution in [3.05, 3.63) is 65.2 Å². The Morgan fingerprint density at radius 1 is 1.00 bits per heavy atom. The van der Waals surface area contributed by atoms with Crippen LogP contribution in [0.3, 0.4) is 0 Å². The highest BCUT2D eigenvalue weighted by molar-refractivity contribution is 7.99. The van der Waals surface area contributed by atoms with E-state index < -0.39 is 16.9 Å². The van der Waals surface area contributed by atoms with E-state index in [1.807, 2.05) is 31.2 Å². The average molecular weight is 332 g/mol. The lowest BCUT2D eigenvalue weighted by atomic mass is 10.1. The van der Waals surface area contributed by atoms with Crippen LogP contribution in [0, 0.1) is 18.6 Å². The first-order valence-corrected chi connectivity index (χ1v) is 7.94. The van der Waals surface area contributed by atoms with Gasteiger partial charge in [-0.3, -0.25) is 0 Å². The number of benzene rings is 2. The summed E-state index contributed by atoms with van der Waals surface area (Å²) in [6.07, 6.45) is 0. The molecule has 1 heterocycles. The fraction of sp³-hybridized carbons (Fsp3) is 0.176. The third-order valence-electron chi connectivity index (χ3n) is 3.47. The Morgan fingerprint density at radius 2 is 1.70 bits per heavy atom. The lowest BCUT2D eigenvalue weighted by Gasteiger charge is -2.10. The molecule has 1 unspecified atom stereocenters. The van der Waals surface area contributed by atoms with Crippen LogP contribution in [0.2, 0.25) is 0 Å². The number of rotatable bonds is 4. The van der Waals surface area contributed by atoms with Crippen molar-refractivity contribution in [2.24, 2.45) is 0 Å². The summed E-state index contributed by atoms with van der Waals surface area (Å²) >= 11 is 1.13. The number of hydrogen-bond donors (Lipinski definition) is 0. The fourth-order valence-electron chi connectivity index (χ4n) is 2.29. The van der Waals surface area contributed by atoms with Gasteiger partial charge in [-0.25, -0.2) is 8.78 Å². The lowest BCUT2D eigenvalue weighted by Crippen LogP contribution is -1.97. The van der Waals surface area contributed by atoms with Crippen LogP contribution < -0.4 is 0 Å². The minimum Gasteiger partial charge on any atom is -0.411 e. The Hall–Kier alpha value is -2.21. The molecule has 118 valence electrons. The molecule has 0 spiro atoms. The maximum absolute atomic E-state index is 13.8. The molecule has 6 heteroatoms. The molecule has 3 aromatic rings. The van der Waals surface area contributed by atoms with Crippen LogP contribution in [0.15, 0.2) is 52.1 Å². The third kappa shape index (κ3) is 3.27. The van der Waals surface area contributed by atoms with Crippen LogP contribution in [0.4, 0.5) is 8.78 Å². The standard InChI is InChI=1S/C17H14F2N2OS/c1-10-6-3-4-7-12(10)16-20-21-17(22-16)23-11(2)15-13(18)8-5-9-14(15)19/h3-9,11H,1-2H3. The number of aryl methyl sites for hydroxylation is 1. The Kier molecular flexibility index (Phi) is 4.43. The highest BCUT2D eigenvalue weighted by atomic mass is 32.2. The Bertz CT molecular complexity index is 815. The molecular weight excluding hydrogens is 318 g/mol. The van der Waals surface area contributed by atoms with Crippen molar-refractivity contribution in [3.8, 4) is 11.5 Å². The molecule has 1 atom stereocenters. The molecule has 0 fully saturated rings. The summed E-state index contributed by atoms with van der Waals surface area (Å²) in [6, 6.07) is 11.5. The maximum atomic E-state index is 13.8. The van der Waals surface area contributed by atoms with Crippen molar-refractivity contribution in [1.29, 1.82) is 0 Å². The van der Waals surface area contributed by atoms with Gasteiger partial charge in [-0.15, -0.1) is 10.2 Å². The quantitative estimate of drug-likeness (QED) is 0.617. The van der Waals surface area contributed by atoms with E-state index in [0.717, 1.165) is 22.9 Å². The molecule has 23 heavy (non-hydrogen) atoms. The third-order valence-corrected chi connectivity index (χ3v) is 4.42. The zero-order chi connectivity index (χ0) is 16.4. The number of aromatic nitrogens is 2. The molecule has 0 saturated carbocycles. The van der Waals surface area contributed by atoms with E-state index >= 15 is 0 Å². The smallest absolute Gasteiger partial charge is 0.277 e. The highest BCUT2D eigenvalue weighted by Crippen LogP contribution is 2.37. The molecule has 3 nitrogen and oxygen atoms in total. The van der Waals surface area contributed by atoms with Crippen LogP contribution in [0.5, 0.6) is 0 Å². The predicted molar refractivity (Wildman–Crippen MR) is 85.1 cm³/mol. The summed E-state index contributed by atoms with van der Waals surface area (Å²) in [5, 5.41) is 7.77. The van der Waals surface area contributed by atoms with Gasteiger partial charge < -0.3 is 4.42 Å². The zero-order valence-corrected chi connectivity index (χ0v) is 13.4. The summed E-state index contributed by atoms with van der Waals surface area (Å²) in [5.74, 6) is -0.765. The first-order chi connectivity index (χ1) is 11.1. The molecule has 1 aromatic heterocycles. The van der Waals surface area contributed by atoms with E-state index in [4.69, 9.17) is 4.42 Å². The summed E-state index contributed by atoms with van der Waals surface area (Å²) in [6.45, 7) is 3.65. The van der Waals surface area contributed by atoms with Crippen molar-refractivity contribution >= 4 is 11.8 Å². The van der Waals surface area contributed by atoms with E-state index in [1.54, 1.807) is 6.92 Å². The second-order valence-electron chi connectivity index (χ2n) is 5.08. The maximum Gasteiger partial charge on any atom is 0.277 e. The molecular formula is C17H14F2N2OS. The lowest BCUT2D eigenvalue weighted by molar-refractivity contribution is 0.464.